The van der Waals surface area contributed by atoms with Gasteiger partial charge >= 0.3 is 0 Å². The lowest BCUT2D eigenvalue weighted by Gasteiger charge is -2.09. The molecule has 0 saturated carbocycles. The van der Waals surface area contributed by atoms with Crippen LogP contribution in [-0.4, -0.2) is 22.2 Å². The standard InChI is InChI=1S/C22H21N3O2/c26-21-15-19-7-4-8-20(19)24-25(21)14-13-23-22(27)18-11-9-17(10-12-18)16-5-2-1-3-6-16/h1-3,5-6,9-12,15H,4,7-8,13-14H2,(H,23,27). The molecule has 0 unspecified atom stereocenters. The van der Waals surface area contributed by atoms with Crippen LogP contribution in [0.1, 0.15) is 28.0 Å². The van der Waals surface area contributed by atoms with Crippen molar-refractivity contribution < 1.29 is 4.79 Å². The summed E-state index contributed by atoms with van der Waals surface area (Å²) in [5.41, 5.74) is 4.77. The first-order chi connectivity index (χ1) is 13.2. The SMILES string of the molecule is O=C(NCCn1nc2c(cc1=O)CCC2)c1ccc(-c2ccccc2)cc1. The molecule has 5 heteroatoms. The minimum atomic E-state index is -0.149. The highest BCUT2D eigenvalue weighted by Gasteiger charge is 2.14. The topological polar surface area (TPSA) is 64.0 Å². The number of carbonyl (C=O) groups is 1. The molecule has 3 aromatic rings. The molecule has 0 spiro atoms. The average molecular weight is 359 g/mol. The van der Waals surface area contributed by atoms with Crippen molar-refractivity contribution in [3.05, 3.63) is 87.8 Å². The molecule has 1 aromatic heterocycles. The van der Waals surface area contributed by atoms with Crippen molar-refractivity contribution in [2.24, 2.45) is 0 Å². The van der Waals surface area contributed by atoms with Gasteiger partial charge in [0.25, 0.3) is 11.5 Å². The van der Waals surface area contributed by atoms with Crippen molar-refractivity contribution in [1.29, 1.82) is 0 Å². The fraction of sp³-hybridized carbons (Fsp3) is 0.227. The van der Waals surface area contributed by atoms with Crippen LogP contribution in [0.15, 0.2) is 65.5 Å². The van der Waals surface area contributed by atoms with Crippen LogP contribution in [0.5, 0.6) is 0 Å². The van der Waals surface area contributed by atoms with Gasteiger partial charge in [0.05, 0.1) is 12.2 Å². The third-order valence-electron chi connectivity index (χ3n) is 4.89. The molecule has 27 heavy (non-hydrogen) atoms. The van der Waals surface area contributed by atoms with E-state index in [0.29, 0.717) is 18.7 Å². The molecule has 1 amide bonds. The van der Waals surface area contributed by atoms with Gasteiger partial charge in [0.15, 0.2) is 0 Å². The van der Waals surface area contributed by atoms with Gasteiger partial charge in [0, 0.05) is 18.2 Å². The number of aryl methyl sites for hydroxylation is 2. The van der Waals surface area contributed by atoms with E-state index >= 15 is 0 Å². The van der Waals surface area contributed by atoms with Crippen LogP contribution in [0.25, 0.3) is 11.1 Å². The monoisotopic (exact) mass is 359 g/mol. The Morgan fingerprint density at radius 1 is 1.00 bits per heavy atom. The van der Waals surface area contributed by atoms with Crippen LogP contribution < -0.4 is 10.9 Å². The van der Waals surface area contributed by atoms with Crippen molar-refractivity contribution in [2.75, 3.05) is 6.54 Å². The fourth-order valence-electron chi connectivity index (χ4n) is 3.42. The number of hydrogen-bond donors (Lipinski definition) is 1. The van der Waals surface area contributed by atoms with E-state index in [9.17, 15) is 9.59 Å². The Balaban J connectivity index is 1.37. The van der Waals surface area contributed by atoms with Crippen molar-refractivity contribution in [3.8, 4) is 11.1 Å². The zero-order valence-electron chi connectivity index (χ0n) is 15.0. The summed E-state index contributed by atoms with van der Waals surface area (Å²) in [7, 11) is 0. The van der Waals surface area contributed by atoms with Crippen molar-refractivity contribution in [2.45, 2.75) is 25.8 Å². The number of hydrogen-bond acceptors (Lipinski definition) is 3. The summed E-state index contributed by atoms with van der Waals surface area (Å²) in [6.07, 6.45) is 2.92. The summed E-state index contributed by atoms with van der Waals surface area (Å²) in [6, 6.07) is 19.2. The molecule has 1 N–H and O–H groups in total. The first kappa shape index (κ1) is 17.2. The summed E-state index contributed by atoms with van der Waals surface area (Å²) >= 11 is 0. The highest BCUT2D eigenvalue weighted by molar-refractivity contribution is 5.94. The van der Waals surface area contributed by atoms with Crippen LogP contribution in [0.2, 0.25) is 0 Å². The number of fused-ring (bicyclic) bond motifs is 1. The van der Waals surface area contributed by atoms with Gasteiger partial charge < -0.3 is 5.32 Å². The molecule has 0 radical (unpaired) electrons. The predicted molar refractivity (Wildman–Crippen MR) is 105 cm³/mol. The quantitative estimate of drug-likeness (QED) is 0.762. The smallest absolute Gasteiger partial charge is 0.267 e. The van der Waals surface area contributed by atoms with Gasteiger partial charge in [-0.05, 0) is 48.1 Å². The maximum absolute atomic E-state index is 12.3. The lowest BCUT2D eigenvalue weighted by Crippen LogP contribution is -2.32. The van der Waals surface area contributed by atoms with Crippen molar-refractivity contribution in [1.82, 2.24) is 15.1 Å². The second-order valence-corrected chi connectivity index (χ2v) is 6.73. The minimum absolute atomic E-state index is 0.0999. The molecular formula is C22H21N3O2. The first-order valence-corrected chi connectivity index (χ1v) is 9.24. The number of rotatable bonds is 5. The summed E-state index contributed by atoms with van der Waals surface area (Å²) in [6.45, 7) is 0.741. The van der Waals surface area contributed by atoms with Gasteiger partial charge in [0.2, 0.25) is 0 Å². The second-order valence-electron chi connectivity index (χ2n) is 6.73. The van der Waals surface area contributed by atoms with E-state index in [1.807, 2.05) is 54.6 Å². The Kier molecular flexibility index (Phi) is 4.83. The zero-order chi connectivity index (χ0) is 18.6. The number of benzene rings is 2. The van der Waals surface area contributed by atoms with Crippen molar-refractivity contribution in [3.63, 3.8) is 0 Å². The van der Waals surface area contributed by atoms with E-state index in [4.69, 9.17) is 0 Å². The largest absolute Gasteiger partial charge is 0.350 e. The van der Waals surface area contributed by atoms with Gasteiger partial charge in [-0.25, -0.2) is 4.68 Å². The molecule has 0 bridgehead atoms. The minimum Gasteiger partial charge on any atom is -0.350 e. The first-order valence-electron chi connectivity index (χ1n) is 9.24. The van der Waals surface area contributed by atoms with E-state index in [1.165, 1.54) is 4.68 Å². The van der Waals surface area contributed by atoms with Crippen molar-refractivity contribution >= 4 is 5.91 Å². The van der Waals surface area contributed by atoms with E-state index in [1.54, 1.807) is 6.07 Å². The molecule has 136 valence electrons. The molecule has 1 aliphatic carbocycles. The van der Waals surface area contributed by atoms with E-state index in [-0.39, 0.29) is 11.5 Å². The molecule has 0 atom stereocenters. The van der Waals surface area contributed by atoms with Gasteiger partial charge in [-0.1, -0.05) is 42.5 Å². The van der Waals surface area contributed by atoms with Crippen LogP contribution in [0, 0.1) is 0 Å². The van der Waals surface area contributed by atoms with Crippen LogP contribution >= 0.6 is 0 Å². The summed E-state index contributed by atoms with van der Waals surface area (Å²) in [5.74, 6) is -0.149. The Hall–Kier alpha value is -3.21. The number of aromatic nitrogens is 2. The Labute approximate surface area is 157 Å². The van der Waals surface area contributed by atoms with Crippen LogP contribution in [0.4, 0.5) is 0 Å². The molecule has 4 rings (SSSR count). The number of nitrogens with zero attached hydrogens (tertiary/aromatic N) is 2. The summed E-state index contributed by atoms with van der Waals surface area (Å²) in [4.78, 5) is 24.4. The molecule has 2 aromatic carbocycles. The fourth-order valence-corrected chi connectivity index (χ4v) is 3.42. The molecule has 0 saturated heterocycles. The highest BCUT2D eigenvalue weighted by Crippen LogP contribution is 2.19. The maximum atomic E-state index is 12.3. The van der Waals surface area contributed by atoms with E-state index in [2.05, 4.69) is 10.4 Å². The second kappa shape index (κ2) is 7.58. The molecule has 0 aliphatic heterocycles. The average Bonchev–Trinajstić information content (AvgIpc) is 3.16. The summed E-state index contributed by atoms with van der Waals surface area (Å²) < 4.78 is 1.45. The van der Waals surface area contributed by atoms with E-state index < -0.39 is 0 Å². The summed E-state index contributed by atoms with van der Waals surface area (Å²) in [5, 5.41) is 7.28. The van der Waals surface area contributed by atoms with Crippen LogP contribution in [0.3, 0.4) is 0 Å². The number of carbonyl (C=O) groups excluding carboxylic acids is 1. The molecule has 5 nitrogen and oxygen atoms in total. The van der Waals surface area contributed by atoms with E-state index in [0.717, 1.165) is 41.6 Å². The lowest BCUT2D eigenvalue weighted by atomic mass is 10.0. The maximum Gasteiger partial charge on any atom is 0.267 e. The molecule has 1 heterocycles. The third kappa shape index (κ3) is 3.82. The Morgan fingerprint density at radius 3 is 2.52 bits per heavy atom. The van der Waals surface area contributed by atoms with Crippen LogP contribution in [-0.2, 0) is 19.4 Å². The molecule has 0 fully saturated rings. The zero-order valence-corrected chi connectivity index (χ0v) is 15.0. The third-order valence-corrected chi connectivity index (χ3v) is 4.89. The molecule has 1 aliphatic rings. The predicted octanol–water partition coefficient (Wildman–Crippen LogP) is 2.83. The van der Waals surface area contributed by atoms with Gasteiger partial charge in [-0.3, -0.25) is 9.59 Å². The molecular weight excluding hydrogens is 338 g/mol. The van der Waals surface area contributed by atoms with Gasteiger partial charge in [0.1, 0.15) is 0 Å². The number of amides is 1. The van der Waals surface area contributed by atoms with Gasteiger partial charge in [-0.15, -0.1) is 0 Å². The normalized spacial score (nSPS) is 12.6. The Bertz CT molecular complexity index is 1010. The highest BCUT2D eigenvalue weighted by atomic mass is 16.1. The number of nitrogens with one attached hydrogen (secondary N) is 1. The lowest BCUT2D eigenvalue weighted by molar-refractivity contribution is 0.0951. The Morgan fingerprint density at radius 2 is 1.74 bits per heavy atom. The van der Waals surface area contributed by atoms with Gasteiger partial charge in [-0.2, -0.15) is 5.10 Å².